The van der Waals surface area contributed by atoms with E-state index in [1.54, 1.807) is 0 Å². The summed E-state index contributed by atoms with van der Waals surface area (Å²) in [6, 6.07) is 39.0. The lowest BCUT2D eigenvalue weighted by molar-refractivity contribution is 0.476. The minimum Gasteiger partial charge on any atom is -0.453 e. The van der Waals surface area contributed by atoms with Crippen LogP contribution in [-0.4, -0.2) is 0 Å². The second kappa shape index (κ2) is 8.48. The van der Waals surface area contributed by atoms with Crippen LogP contribution in [0.1, 0.15) is 16.7 Å². The first-order chi connectivity index (χ1) is 17.1. The van der Waals surface area contributed by atoms with Crippen LogP contribution < -0.4 is 9.64 Å². The van der Waals surface area contributed by atoms with Gasteiger partial charge in [-0.1, -0.05) is 83.9 Å². The Kier molecular flexibility index (Phi) is 5.15. The molecule has 1 aliphatic rings. The number of benzene rings is 5. The fraction of sp³-hybridized carbons (Fsp3) is 0.0909. The second-order valence-corrected chi connectivity index (χ2v) is 9.33. The van der Waals surface area contributed by atoms with Crippen LogP contribution in [0, 0.1) is 20.8 Å². The van der Waals surface area contributed by atoms with E-state index in [0.29, 0.717) is 0 Å². The Bertz CT molecular complexity index is 1470. The molecule has 170 valence electrons. The van der Waals surface area contributed by atoms with Gasteiger partial charge in [0.2, 0.25) is 0 Å². The number of hydrogen-bond donors (Lipinski definition) is 0. The van der Waals surface area contributed by atoms with Crippen molar-refractivity contribution in [3.05, 3.63) is 126 Å². The van der Waals surface area contributed by atoms with Crippen LogP contribution in [-0.2, 0) is 0 Å². The van der Waals surface area contributed by atoms with E-state index in [-0.39, 0.29) is 0 Å². The van der Waals surface area contributed by atoms with Crippen molar-refractivity contribution in [2.45, 2.75) is 20.8 Å². The molecular weight excluding hydrogens is 426 g/mol. The highest BCUT2D eigenvalue weighted by molar-refractivity contribution is 5.91. The Hall–Kier alpha value is -4.30. The van der Waals surface area contributed by atoms with Gasteiger partial charge in [0.05, 0.1) is 11.4 Å². The molecule has 2 heteroatoms. The number of para-hydroxylation sites is 3. The van der Waals surface area contributed by atoms with Gasteiger partial charge in [-0.3, -0.25) is 0 Å². The first kappa shape index (κ1) is 21.2. The molecular formula is C33H27NO. The molecule has 1 aliphatic heterocycles. The SMILES string of the molecule is Cc1ccc(-c2cc(-c3ccc(C)cc3)cc(N3c4ccccc4Oc4cccc(C)c43)c2)cc1. The highest BCUT2D eigenvalue weighted by atomic mass is 16.5. The van der Waals surface area contributed by atoms with E-state index in [2.05, 4.69) is 123 Å². The molecule has 0 fully saturated rings. The summed E-state index contributed by atoms with van der Waals surface area (Å²) in [5.41, 5.74) is 11.7. The summed E-state index contributed by atoms with van der Waals surface area (Å²) in [6.07, 6.45) is 0. The maximum Gasteiger partial charge on any atom is 0.151 e. The third-order valence-corrected chi connectivity index (χ3v) is 6.70. The third kappa shape index (κ3) is 3.87. The van der Waals surface area contributed by atoms with Crippen molar-refractivity contribution < 1.29 is 4.74 Å². The summed E-state index contributed by atoms with van der Waals surface area (Å²) in [5.74, 6) is 1.74. The molecule has 0 unspecified atom stereocenters. The Morgan fingerprint density at radius 1 is 0.514 bits per heavy atom. The Balaban J connectivity index is 1.62. The standard InChI is InChI=1S/C33H27NO/c1-22-11-15-25(16-12-22)27-19-28(26-17-13-23(2)14-18-26)21-29(20-27)34-30-8-4-5-9-31(30)35-32-10-6-7-24(3)33(32)34/h4-21H,1-3H3. The lowest BCUT2D eigenvalue weighted by atomic mass is 9.96. The van der Waals surface area contributed by atoms with E-state index in [4.69, 9.17) is 4.74 Å². The summed E-state index contributed by atoms with van der Waals surface area (Å²) in [5, 5.41) is 0. The maximum atomic E-state index is 6.32. The molecule has 35 heavy (non-hydrogen) atoms. The number of fused-ring (bicyclic) bond motifs is 2. The molecule has 0 saturated carbocycles. The van der Waals surface area contributed by atoms with E-state index in [9.17, 15) is 0 Å². The number of ether oxygens (including phenoxy) is 1. The summed E-state index contributed by atoms with van der Waals surface area (Å²) >= 11 is 0. The summed E-state index contributed by atoms with van der Waals surface area (Å²) in [4.78, 5) is 2.35. The Morgan fingerprint density at radius 3 is 1.71 bits per heavy atom. The minimum absolute atomic E-state index is 0.864. The van der Waals surface area contributed by atoms with E-state index in [0.717, 1.165) is 28.6 Å². The van der Waals surface area contributed by atoms with Crippen molar-refractivity contribution in [3.8, 4) is 33.8 Å². The zero-order valence-electron chi connectivity index (χ0n) is 20.2. The van der Waals surface area contributed by atoms with Crippen LogP contribution in [0.4, 0.5) is 17.1 Å². The van der Waals surface area contributed by atoms with Gasteiger partial charge in [-0.2, -0.15) is 0 Å². The van der Waals surface area contributed by atoms with Gasteiger partial charge in [-0.15, -0.1) is 0 Å². The van der Waals surface area contributed by atoms with Crippen molar-refractivity contribution in [1.29, 1.82) is 0 Å². The highest BCUT2D eigenvalue weighted by Gasteiger charge is 2.27. The molecule has 0 aliphatic carbocycles. The second-order valence-electron chi connectivity index (χ2n) is 9.33. The third-order valence-electron chi connectivity index (χ3n) is 6.70. The van der Waals surface area contributed by atoms with Gasteiger partial charge >= 0.3 is 0 Å². The largest absolute Gasteiger partial charge is 0.453 e. The zero-order valence-corrected chi connectivity index (χ0v) is 20.2. The molecule has 2 nitrogen and oxygen atoms in total. The van der Waals surface area contributed by atoms with Gasteiger partial charge in [-0.25, -0.2) is 0 Å². The maximum absolute atomic E-state index is 6.32. The van der Waals surface area contributed by atoms with Crippen LogP contribution in [0.2, 0.25) is 0 Å². The Morgan fingerprint density at radius 2 is 1.09 bits per heavy atom. The zero-order chi connectivity index (χ0) is 23.9. The smallest absolute Gasteiger partial charge is 0.151 e. The molecule has 1 heterocycles. The molecule has 0 spiro atoms. The molecule has 0 aromatic heterocycles. The minimum atomic E-state index is 0.864. The van der Waals surface area contributed by atoms with E-state index in [1.165, 1.54) is 38.9 Å². The number of aryl methyl sites for hydroxylation is 3. The predicted molar refractivity (Wildman–Crippen MR) is 146 cm³/mol. The summed E-state index contributed by atoms with van der Waals surface area (Å²) < 4.78 is 6.32. The molecule has 0 N–H and O–H groups in total. The van der Waals surface area contributed by atoms with Crippen LogP contribution >= 0.6 is 0 Å². The topological polar surface area (TPSA) is 12.5 Å². The molecule has 5 aromatic rings. The van der Waals surface area contributed by atoms with Gasteiger partial charge in [0.25, 0.3) is 0 Å². The first-order valence-electron chi connectivity index (χ1n) is 12.0. The van der Waals surface area contributed by atoms with Gasteiger partial charge in [-0.05, 0) is 85.0 Å². The molecule has 0 bridgehead atoms. The van der Waals surface area contributed by atoms with Gasteiger partial charge in [0, 0.05) is 5.69 Å². The van der Waals surface area contributed by atoms with Crippen molar-refractivity contribution >= 4 is 17.1 Å². The quantitative estimate of drug-likeness (QED) is 0.264. The van der Waals surface area contributed by atoms with E-state index >= 15 is 0 Å². The number of anilines is 3. The summed E-state index contributed by atoms with van der Waals surface area (Å²) in [6.45, 7) is 6.40. The van der Waals surface area contributed by atoms with Crippen molar-refractivity contribution in [3.63, 3.8) is 0 Å². The van der Waals surface area contributed by atoms with Crippen molar-refractivity contribution in [2.24, 2.45) is 0 Å². The van der Waals surface area contributed by atoms with Crippen LogP contribution in [0.15, 0.2) is 109 Å². The van der Waals surface area contributed by atoms with E-state index < -0.39 is 0 Å². The molecule has 0 atom stereocenters. The lowest BCUT2D eigenvalue weighted by Crippen LogP contribution is -2.17. The molecule has 0 radical (unpaired) electrons. The molecule has 6 rings (SSSR count). The van der Waals surface area contributed by atoms with Gasteiger partial charge < -0.3 is 9.64 Å². The summed E-state index contributed by atoms with van der Waals surface area (Å²) in [7, 11) is 0. The number of hydrogen-bond acceptors (Lipinski definition) is 2. The van der Waals surface area contributed by atoms with Crippen LogP contribution in [0.5, 0.6) is 11.5 Å². The number of rotatable bonds is 3. The normalized spacial score (nSPS) is 12.0. The average Bonchev–Trinajstić information content (AvgIpc) is 2.88. The number of nitrogens with zero attached hydrogens (tertiary/aromatic N) is 1. The molecule has 0 saturated heterocycles. The highest BCUT2D eigenvalue weighted by Crippen LogP contribution is 2.52. The van der Waals surface area contributed by atoms with Crippen LogP contribution in [0.3, 0.4) is 0 Å². The predicted octanol–water partition coefficient (Wildman–Crippen LogP) is 9.52. The van der Waals surface area contributed by atoms with Crippen LogP contribution in [0.25, 0.3) is 22.3 Å². The first-order valence-corrected chi connectivity index (χ1v) is 12.0. The van der Waals surface area contributed by atoms with Crippen molar-refractivity contribution in [2.75, 3.05) is 4.90 Å². The molecule has 0 amide bonds. The molecule has 5 aromatic carbocycles. The fourth-order valence-electron chi connectivity index (χ4n) is 4.80. The van der Waals surface area contributed by atoms with Gasteiger partial charge in [0.15, 0.2) is 11.5 Å². The fourth-order valence-corrected chi connectivity index (χ4v) is 4.80. The Labute approximate surface area is 207 Å². The van der Waals surface area contributed by atoms with Gasteiger partial charge in [0.1, 0.15) is 0 Å². The lowest BCUT2D eigenvalue weighted by Gasteiger charge is -2.34. The van der Waals surface area contributed by atoms with E-state index in [1.807, 2.05) is 12.1 Å². The monoisotopic (exact) mass is 453 g/mol. The average molecular weight is 454 g/mol. The van der Waals surface area contributed by atoms with Crippen molar-refractivity contribution in [1.82, 2.24) is 0 Å².